The number of hydrogen-bond acceptors (Lipinski definition) is 3. The highest BCUT2D eigenvalue weighted by Crippen LogP contribution is 2.36. The van der Waals surface area contributed by atoms with E-state index in [1.54, 1.807) is 11.9 Å². The summed E-state index contributed by atoms with van der Waals surface area (Å²) in [7, 11) is 1.79. The molecule has 1 unspecified atom stereocenters. The largest absolute Gasteiger partial charge is 0.348 e. The SMILES string of the molecule is Cc1cccc(C(=O)NCC2=CCC(C)(C(=O)N[C@H](C(=O)N(C)CC(C)C)c3ccccc3)CC2)c1-c1ccc(C(C)(C)C)cc1. The number of amides is 3. The Morgan fingerprint density at radius 3 is 2.20 bits per heavy atom. The van der Waals surface area contributed by atoms with Gasteiger partial charge in [-0.1, -0.05) is 120 Å². The van der Waals surface area contributed by atoms with Crippen molar-refractivity contribution in [2.24, 2.45) is 11.3 Å². The fraction of sp³-hybridized carbons (Fsp3) is 0.425. The molecule has 46 heavy (non-hydrogen) atoms. The average molecular weight is 622 g/mol. The highest BCUT2D eigenvalue weighted by molar-refractivity contribution is 6.01. The second-order valence-corrected chi connectivity index (χ2v) is 14.6. The number of carbonyl (C=O) groups excluding carboxylic acids is 3. The molecule has 6 nitrogen and oxygen atoms in total. The van der Waals surface area contributed by atoms with Crippen LogP contribution in [0.2, 0.25) is 0 Å². The molecular formula is C40H51N3O3. The van der Waals surface area contributed by atoms with Gasteiger partial charge in [0, 0.05) is 25.7 Å². The summed E-state index contributed by atoms with van der Waals surface area (Å²) < 4.78 is 0. The molecule has 3 aromatic rings. The molecule has 0 saturated carbocycles. The van der Waals surface area contributed by atoms with Crippen LogP contribution in [0.25, 0.3) is 11.1 Å². The number of allylic oxidation sites excluding steroid dienone is 1. The van der Waals surface area contributed by atoms with Gasteiger partial charge in [-0.2, -0.15) is 0 Å². The van der Waals surface area contributed by atoms with Crippen LogP contribution in [0.1, 0.15) is 93.9 Å². The van der Waals surface area contributed by atoms with E-state index in [2.05, 4.69) is 75.6 Å². The first-order chi connectivity index (χ1) is 21.7. The molecule has 0 aliphatic heterocycles. The predicted molar refractivity (Wildman–Crippen MR) is 187 cm³/mol. The molecule has 2 N–H and O–H groups in total. The Balaban J connectivity index is 1.43. The number of nitrogens with zero attached hydrogens (tertiary/aromatic N) is 1. The normalized spacial score (nSPS) is 17.2. The van der Waals surface area contributed by atoms with Gasteiger partial charge in [0.25, 0.3) is 5.91 Å². The van der Waals surface area contributed by atoms with Gasteiger partial charge in [-0.15, -0.1) is 0 Å². The molecule has 3 amide bonds. The van der Waals surface area contributed by atoms with Crippen LogP contribution >= 0.6 is 0 Å². The first kappa shape index (κ1) is 34.7. The minimum Gasteiger partial charge on any atom is -0.348 e. The van der Waals surface area contributed by atoms with Crippen LogP contribution < -0.4 is 10.6 Å². The highest BCUT2D eigenvalue weighted by atomic mass is 16.2. The van der Waals surface area contributed by atoms with Crippen LogP contribution in [0.15, 0.2) is 84.4 Å². The van der Waals surface area contributed by atoms with Gasteiger partial charge in [0.15, 0.2) is 0 Å². The van der Waals surface area contributed by atoms with Crippen LogP contribution in [0.4, 0.5) is 0 Å². The fourth-order valence-corrected chi connectivity index (χ4v) is 6.14. The lowest BCUT2D eigenvalue weighted by Crippen LogP contribution is -2.47. The van der Waals surface area contributed by atoms with Gasteiger partial charge >= 0.3 is 0 Å². The van der Waals surface area contributed by atoms with Gasteiger partial charge in [0.05, 0.1) is 5.41 Å². The summed E-state index contributed by atoms with van der Waals surface area (Å²) in [4.78, 5) is 42.4. The Hall–Kier alpha value is -4.19. The zero-order valence-electron chi connectivity index (χ0n) is 28.9. The number of rotatable bonds is 10. The van der Waals surface area contributed by atoms with Gasteiger partial charge in [-0.3, -0.25) is 14.4 Å². The number of hydrogen-bond donors (Lipinski definition) is 2. The lowest BCUT2D eigenvalue weighted by Gasteiger charge is -2.34. The van der Waals surface area contributed by atoms with Crippen molar-refractivity contribution in [1.82, 2.24) is 15.5 Å². The van der Waals surface area contributed by atoms with E-state index in [1.165, 1.54) is 5.56 Å². The number of carbonyl (C=O) groups is 3. The van der Waals surface area contributed by atoms with E-state index in [1.807, 2.05) is 62.4 Å². The molecule has 2 atom stereocenters. The molecule has 3 aromatic carbocycles. The summed E-state index contributed by atoms with van der Waals surface area (Å²) in [6.45, 7) is 15.8. The van der Waals surface area contributed by atoms with Crippen LogP contribution in [-0.2, 0) is 15.0 Å². The molecule has 0 fully saturated rings. The molecule has 0 bridgehead atoms. The molecule has 0 spiro atoms. The summed E-state index contributed by atoms with van der Waals surface area (Å²) in [6.07, 6.45) is 3.94. The van der Waals surface area contributed by atoms with Gasteiger partial charge in [0.1, 0.15) is 6.04 Å². The summed E-state index contributed by atoms with van der Waals surface area (Å²) >= 11 is 0. The number of benzene rings is 3. The van der Waals surface area contributed by atoms with Crippen molar-refractivity contribution in [3.05, 3.63) is 107 Å². The molecule has 0 saturated heterocycles. The van der Waals surface area contributed by atoms with E-state index in [0.717, 1.165) is 27.8 Å². The van der Waals surface area contributed by atoms with Gasteiger partial charge in [-0.25, -0.2) is 0 Å². The standard InChI is InChI=1S/C40H51N3O3/c1-27(2)26-43(8)37(45)35(31-14-10-9-11-15-31)42-38(46)40(7)23-21-29(22-24-40)25-41-36(44)33-16-12-13-28(3)34(33)30-17-19-32(20-18-30)39(4,5)6/h9-21,27,35H,22-26H2,1-8H3,(H,41,44)(H,42,46)/t35-,40?/m0/s1. The lowest BCUT2D eigenvalue weighted by molar-refractivity contribution is -0.139. The smallest absolute Gasteiger partial charge is 0.252 e. The third kappa shape index (κ3) is 8.34. The zero-order chi connectivity index (χ0) is 33.6. The second-order valence-electron chi connectivity index (χ2n) is 14.6. The minimum atomic E-state index is -0.743. The maximum atomic E-state index is 13.7. The molecule has 0 heterocycles. The average Bonchev–Trinajstić information content (AvgIpc) is 3.02. The Labute approximate surface area is 275 Å². The topological polar surface area (TPSA) is 78.5 Å². The van der Waals surface area contributed by atoms with Crippen LogP contribution in [0.3, 0.4) is 0 Å². The Bertz CT molecular complexity index is 1570. The first-order valence-corrected chi connectivity index (χ1v) is 16.5. The maximum Gasteiger partial charge on any atom is 0.252 e. The summed E-state index contributed by atoms with van der Waals surface area (Å²) in [5.41, 5.74) is 6.22. The molecular weight excluding hydrogens is 570 g/mol. The first-order valence-electron chi connectivity index (χ1n) is 16.5. The van der Waals surface area contributed by atoms with E-state index in [9.17, 15) is 14.4 Å². The fourth-order valence-electron chi connectivity index (χ4n) is 6.14. The summed E-state index contributed by atoms with van der Waals surface area (Å²) in [5.74, 6) is -0.0417. The number of likely N-dealkylation sites (N-methyl/N-ethyl adjacent to an activating group) is 1. The monoisotopic (exact) mass is 621 g/mol. The third-order valence-electron chi connectivity index (χ3n) is 9.09. The van der Waals surface area contributed by atoms with Crippen molar-refractivity contribution in [2.75, 3.05) is 20.1 Å². The molecule has 4 rings (SSSR count). The lowest BCUT2D eigenvalue weighted by atomic mass is 9.75. The Morgan fingerprint density at radius 2 is 1.61 bits per heavy atom. The van der Waals surface area contributed by atoms with Crippen molar-refractivity contribution in [3.63, 3.8) is 0 Å². The quantitative estimate of drug-likeness (QED) is 0.227. The van der Waals surface area contributed by atoms with Crippen molar-refractivity contribution >= 4 is 17.7 Å². The maximum absolute atomic E-state index is 13.7. The van der Waals surface area contributed by atoms with Gasteiger partial charge in [-0.05, 0) is 71.4 Å². The molecule has 1 aliphatic carbocycles. The third-order valence-corrected chi connectivity index (χ3v) is 9.09. The van der Waals surface area contributed by atoms with E-state index in [0.29, 0.717) is 43.8 Å². The van der Waals surface area contributed by atoms with E-state index in [-0.39, 0.29) is 23.1 Å². The van der Waals surface area contributed by atoms with Crippen molar-refractivity contribution in [1.29, 1.82) is 0 Å². The Morgan fingerprint density at radius 1 is 0.935 bits per heavy atom. The summed E-state index contributed by atoms with van der Waals surface area (Å²) in [5, 5.41) is 6.23. The second kappa shape index (κ2) is 14.5. The minimum absolute atomic E-state index is 0.0557. The van der Waals surface area contributed by atoms with E-state index < -0.39 is 11.5 Å². The molecule has 244 valence electrons. The molecule has 1 aliphatic rings. The van der Waals surface area contributed by atoms with Gasteiger partial charge in [0.2, 0.25) is 11.8 Å². The Kier molecular flexibility index (Phi) is 10.9. The predicted octanol–water partition coefficient (Wildman–Crippen LogP) is 7.78. The molecule has 6 heteroatoms. The van der Waals surface area contributed by atoms with E-state index >= 15 is 0 Å². The highest BCUT2D eigenvalue weighted by Gasteiger charge is 2.37. The van der Waals surface area contributed by atoms with Crippen LogP contribution in [0, 0.1) is 18.3 Å². The number of nitrogens with one attached hydrogen (secondary N) is 2. The van der Waals surface area contributed by atoms with Crippen molar-refractivity contribution in [3.8, 4) is 11.1 Å². The van der Waals surface area contributed by atoms with Crippen molar-refractivity contribution in [2.45, 2.75) is 79.2 Å². The van der Waals surface area contributed by atoms with Crippen LogP contribution in [-0.4, -0.2) is 42.8 Å². The molecule has 0 aromatic heterocycles. The van der Waals surface area contributed by atoms with Crippen LogP contribution in [0.5, 0.6) is 0 Å². The summed E-state index contributed by atoms with van der Waals surface area (Å²) in [6, 6.07) is 23.1. The van der Waals surface area contributed by atoms with Crippen molar-refractivity contribution < 1.29 is 14.4 Å². The number of aryl methyl sites for hydroxylation is 1. The van der Waals surface area contributed by atoms with Gasteiger partial charge < -0.3 is 15.5 Å². The van der Waals surface area contributed by atoms with E-state index in [4.69, 9.17) is 0 Å². The molecule has 0 radical (unpaired) electrons. The zero-order valence-corrected chi connectivity index (χ0v) is 28.9.